The Kier molecular flexibility index (Phi) is 4.74. The lowest BCUT2D eigenvalue weighted by Crippen LogP contribution is -2.38. The molecular weight excluding hydrogens is 376 g/mol. The molecule has 2 aromatic rings. The number of anilines is 1. The van der Waals surface area contributed by atoms with Crippen molar-refractivity contribution in [3.63, 3.8) is 0 Å². The summed E-state index contributed by atoms with van der Waals surface area (Å²) in [6, 6.07) is 18.0. The van der Waals surface area contributed by atoms with Crippen molar-refractivity contribution in [3.05, 3.63) is 78.4 Å². The second-order valence-corrected chi connectivity index (χ2v) is 8.43. The molecule has 1 aliphatic heterocycles. The quantitative estimate of drug-likeness (QED) is 0.610. The summed E-state index contributed by atoms with van der Waals surface area (Å²) in [5, 5.41) is 2.89. The number of fused-ring (bicyclic) bond motifs is 1. The molecule has 0 radical (unpaired) electrons. The van der Waals surface area contributed by atoms with Gasteiger partial charge in [0.15, 0.2) is 0 Å². The lowest BCUT2D eigenvalue weighted by atomic mass is 9.63. The number of carbonyl (C=O) groups is 3. The molecule has 5 heteroatoms. The number of rotatable bonds is 5. The van der Waals surface area contributed by atoms with Crippen molar-refractivity contribution in [2.45, 2.75) is 25.3 Å². The standard InChI is InChI=1S/C25H24N2O3/c28-21(26-19-9-5-2-6-10-19)15-20(16-7-3-1-4-8-16)27-24(29)22-17-11-12-18(14-13-17)23(22)25(27)30/h1-12,17-18,20,22-23H,13-15H2,(H,26,28)/t17-,18-,20+,22+,23+/m0/s1. The van der Waals surface area contributed by atoms with Gasteiger partial charge in [0, 0.05) is 5.69 Å². The zero-order chi connectivity index (χ0) is 20.7. The minimum atomic E-state index is -0.597. The van der Waals surface area contributed by atoms with Gasteiger partial charge in [0.1, 0.15) is 0 Å². The number of benzene rings is 2. The lowest BCUT2D eigenvalue weighted by molar-refractivity contribution is -0.143. The van der Waals surface area contributed by atoms with Crippen molar-refractivity contribution in [1.82, 2.24) is 4.90 Å². The van der Waals surface area contributed by atoms with E-state index >= 15 is 0 Å². The van der Waals surface area contributed by atoms with Crippen LogP contribution in [0.15, 0.2) is 72.8 Å². The molecule has 0 aromatic heterocycles. The lowest BCUT2D eigenvalue weighted by Gasteiger charge is -2.38. The summed E-state index contributed by atoms with van der Waals surface area (Å²) in [7, 11) is 0. The van der Waals surface area contributed by atoms with Gasteiger partial charge in [0.25, 0.3) is 0 Å². The van der Waals surface area contributed by atoms with Crippen LogP contribution in [0.3, 0.4) is 0 Å². The highest BCUT2D eigenvalue weighted by molar-refractivity contribution is 6.07. The van der Waals surface area contributed by atoms with Gasteiger partial charge in [-0.15, -0.1) is 0 Å². The maximum Gasteiger partial charge on any atom is 0.234 e. The molecule has 4 aliphatic rings. The van der Waals surface area contributed by atoms with E-state index in [-0.39, 0.29) is 47.8 Å². The van der Waals surface area contributed by atoms with Crippen LogP contribution < -0.4 is 5.32 Å². The van der Waals surface area contributed by atoms with E-state index in [4.69, 9.17) is 0 Å². The highest BCUT2D eigenvalue weighted by Gasteiger charge is 2.58. The van der Waals surface area contributed by atoms with Crippen molar-refractivity contribution >= 4 is 23.4 Å². The van der Waals surface area contributed by atoms with Crippen LogP contribution in [-0.2, 0) is 14.4 Å². The molecule has 2 bridgehead atoms. The summed E-state index contributed by atoms with van der Waals surface area (Å²) >= 11 is 0. The Morgan fingerprint density at radius 1 is 0.867 bits per heavy atom. The smallest absolute Gasteiger partial charge is 0.234 e. The van der Waals surface area contributed by atoms with E-state index in [0.717, 1.165) is 18.4 Å². The average molecular weight is 400 g/mol. The maximum atomic E-state index is 13.4. The Morgan fingerprint density at radius 3 is 1.93 bits per heavy atom. The van der Waals surface area contributed by atoms with E-state index in [2.05, 4.69) is 17.5 Å². The second kappa shape index (κ2) is 7.56. The van der Waals surface area contributed by atoms with Crippen molar-refractivity contribution in [2.75, 3.05) is 5.32 Å². The van der Waals surface area contributed by atoms with Crippen molar-refractivity contribution in [1.29, 1.82) is 0 Å². The predicted molar refractivity (Wildman–Crippen MR) is 113 cm³/mol. The molecule has 3 aliphatic carbocycles. The Hall–Kier alpha value is -3.21. The Labute approximate surface area is 175 Å². The summed E-state index contributed by atoms with van der Waals surface area (Å²) in [6.07, 6.45) is 6.19. The third-order valence-electron chi connectivity index (χ3n) is 6.73. The normalized spacial score (nSPS) is 27.8. The molecule has 1 saturated heterocycles. The molecule has 3 amide bonds. The SMILES string of the molecule is O=C(C[C@H](c1ccccc1)N1C(=O)[C@H]2[C@H](C1=O)[C@H]1C=C[C@H]2CC1)Nc1ccccc1. The van der Waals surface area contributed by atoms with Gasteiger partial charge in [-0.05, 0) is 42.4 Å². The van der Waals surface area contributed by atoms with Gasteiger partial charge in [0.05, 0.1) is 24.3 Å². The number of carbonyl (C=O) groups excluding carboxylic acids is 3. The molecule has 1 heterocycles. The number of hydrogen-bond acceptors (Lipinski definition) is 3. The fourth-order valence-electron chi connectivity index (χ4n) is 5.35. The van der Waals surface area contributed by atoms with Crippen LogP contribution in [-0.4, -0.2) is 22.6 Å². The van der Waals surface area contributed by atoms with Crippen LogP contribution in [0.2, 0.25) is 0 Å². The van der Waals surface area contributed by atoms with E-state index in [1.807, 2.05) is 60.7 Å². The molecule has 2 fully saturated rings. The van der Waals surface area contributed by atoms with Gasteiger partial charge in [0.2, 0.25) is 17.7 Å². The Balaban J connectivity index is 1.45. The predicted octanol–water partition coefficient (Wildman–Crippen LogP) is 3.95. The van der Waals surface area contributed by atoms with Crippen LogP contribution in [0.25, 0.3) is 0 Å². The fraction of sp³-hybridized carbons (Fsp3) is 0.320. The Morgan fingerprint density at radius 2 is 1.40 bits per heavy atom. The highest BCUT2D eigenvalue weighted by atomic mass is 16.2. The number of imide groups is 1. The van der Waals surface area contributed by atoms with E-state index < -0.39 is 6.04 Å². The first-order valence-corrected chi connectivity index (χ1v) is 10.6. The minimum Gasteiger partial charge on any atom is -0.326 e. The third kappa shape index (κ3) is 3.15. The van der Waals surface area contributed by atoms with E-state index in [9.17, 15) is 14.4 Å². The average Bonchev–Trinajstić information content (AvgIpc) is 3.07. The highest BCUT2D eigenvalue weighted by Crippen LogP contribution is 2.51. The number of hydrogen-bond donors (Lipinski definition) is 1. The van der Waals surface area contributed by atoms with Crippen LogP contribution in [0, 0.1) is 23.7 Å². The van der Waals surface area contributed by atoms with Crippen molar-refractivity contribution < 1.29 is 14.4 Å². The van der Waals surface area contributed by atoms with Crippen LogP contribution >= 0.6 is 0 Å². The monoisotopic (exact) mass is 400 g/mol. The van der Waals surface area contributed by atoms with Crippen molar-refractivity contribution in [3.8, 4) is 0 Å². The van der Waals surface area contributed by atoms with E-state index in [1.165, 1.54) is 4.90 Å². The van der Waals surface area contributed by atoms with Crippen LogP contribution in [0.4, 0.5) is 5.69 Å². The molecule has 5 nitrogen and oxygen atoms in total. The largest absolute Gasteiger partial charge is 0.326 e. The first-order chi connectivity index (χ1) is 14.6. The summed E-state index contributed by atoms with van der Waals surface area (Å²) in [5.74, 6) is -0.733. The number of amides is 3. The molecular formula is C25H24N2O3. The van der Waals surface area contributed by atoms with Crippen molar-refractivity contribution in [2.24, 2.45) is 23.7 Å². The van der Waals surface area contributed by atoms with Gasteiger partial charge in [-0.2, -0.15) is 0 Å². The number of likely N-dealkylation sites (tertiary alicyclic amines) is 1. The number of allylic oxidation sites excluding steroid dienone is 2. The number of nitrogens with one attached hydrogen (secondary N) is 1. The molecule has 0 spiro atoms. The molecule has 152 valence electrons. The fourth-order valence-corrected chi connectivity index (χ4v) is 5.35. The molecule has 2 aromatic carbocycles. The van der Waals surface area contributed by atoms with E-state index in [1.54, 1.807) is 0 Å². The van der Waals surface area contributed by atoms with E-state index in [0.29, 0.717) is 5.69 Å². The zero-order valence-electron chi connectivity index (χ0n) is 16.6. The first-order valence-electron chi connectivity index (χ1n) is 10.6. The van der Waals surface area contributed by atoms with Gasteiger partial charge < -0.3 is 5.32 Å². The molecule has 30 heavy (non-hydrogen) atoms. The summed E-state index contributed by atoms with van der Waals surface area (Å²) in [6.45, 7) is 0. The number of para-hydroxylation sites is 1. The van der Waals surface area contributed by atoms with Crippen LogP contribution in [0.1, 0.15) is 30.9 Å². The Bertz CT molecular complexity index is 970. The van der Waals surface area contributed by atoms with Gasteiger partial charge >= 0.3 is 0 Å². The molecule has 0 unspecified atom stereocenters. The van der Waals surface area contributed by atoms with Gasteiger partial charge in [-0.25, -0.2) is 0 Å². The zero-order valence-corrected chi connectivity index (χ0v) is 16.6. The number of nitrogens with zero attached hydrogens (tertiary/aromatic N) is 1. The molecule has 1 N–H and O–H groups in total. The van der Waals surface area contributed by atoms with Crippen LogP contribution in [0.5, 0.6) is 0 Å². The third-order valence-corrected chi connectivity index (χ3v) is 6.73. The summed E-state index contributed by atoms with van der Waals surface area (Å²) in [5.41, 5.74) is 1.51. The molecule has 6 rings (SSSR count). The maximum absolute atomic E-state index is 13.4. The second-order valence-electron chi connectivity index (χ2n) is 8.43. The first kappa shape index (κ1) is 18.8. The topological polar surface area (TPSA) is 66.5 Å². The molecule has 1 saturated carbocycles. The van der Waals surface area contributed by atoms with Gasteiger partial charge in [-0.3, -0.25) is 19.3 Å². The van der Waals surface area contributed by atoms with Gasteiger partial charge in [-0.1, -0.05) is 60.7 Å². The summed E-state index contributed by atoms with van der Waals surface area (Å²) in [4.78, 5) is 41.1. The summed E-state index contributed by atoms with van der Waals surface area (Å²) < 4.78 is 0. The minimum absolute atomic E-state index is 0.0403. The molecule has 5 atom stereocenters.